The van der Waals surface area contributed by atoms with Gasteiger partial charge in [-0.3, -0.25) is 15.0 Å². The summed E-state index contributed by atoms with van der Waals surface area (Å²) in [4.78, 5) is 12.6. The van der Waals surface area contributed by atoms with Gasteiger partial charge >= 0.3 is 5.69 Å². The van der Waals surface area contributed by atoms with E-state index >= 15 is 0 Å². The van der Waals surface area contributed by atoms with Gasteiger partial charge in [-0.05, 0) is 36.1 Å². The van der Waals surface area contributed by atoms with Crippen molar-refractivity contribution < 1.29 is 25.3 Å². The molecule has 1 heterocycles. The predicted molar refractivity (Wildman–Crippen MR) is 125 cm³/mol. The molecule has 1 aliphatic heterocycles. The summed E-state index contributed by atoms with van der Waals surface area (Å²) in [5.41, 5.74) is 7.92. The molecule has 2 aromatic carbocycles. The number of piperidine rings is 1. The van der Waals surface area contributed by atoms with Crippen molar-refractivity contribution >= 4 is 28.7 Å². The Hall–Kier alpha value is -2.47. The van der Waals surface area contributed by atoms with Gasteiger partial charge in [0.15, 0.2) is 0 Å². The molecule has 0 aliphatic carbocycles. The average molecular weight is 481 g/mol. The van der Waals surface area contributed by atoms with Crippen LogP contribution in [0.4, 0.5) is 17.1 Å². The highest BCUT2D eigenvalue weighted by molar-refractivity contribution is 6.35. The number of rotatable bonds is 9. The van der Waals surface area contributed by atoms with Crippen molar-refractivity contribution in [3.8, 4) is 0 Å². The number of nitro benzene ring substituents is 1. The minimum atomic E-state index is -1.29. The lowest BCUT2D eigenvalue weighted by Gasteiger charge is -2.43. The zero-order valence-corrected chi connectivity index (χ0v) is 18.7. The maximum Gasteiger partial charge on any atom is 0.312 e. The predicted octanol–water partition coefficient (Wildman–Crippen LogP) is 0.787. The Morgan fingerprint density at radius 1 is 1.12 bits per heavy atom. The highest BCUT2D eigenvalue weighted by Gasteiger charge is 2.40. The van der Waals surface area contributed by atoms with E-state index in [1.165, 1.54) is 12.1 Å². The summed E-state index contributed by atoms with van der Waals surface area (Å²) in [5, 5.41) is 54.0. The molecule has 1 fully saturated rings. The number of nitrogens with two attached hydrogens (primary N) is 1. The van der Waals surface area contributed by atoms with E-state index in [2.05, 4.69) is 5.32 Å². The minimum absolute atomic E-state index is 0.0973. The molecule has 180 valence electrons. The molecular weight excluding hydrogens is 452 g/mol. The van der Waals surface area contributed by atoms with Gasteiger partial charge in [0.05, 0.1) is 29.4 Å². The SMILES string of the molecule is Nc1ccc(NCCc2ccccc2CCN2C[C@H](O)[C@@H](O)[C@H](O)[C@H]2CO)c([N+](=O)[O-])c1Cl. The molecule has 0 bridgehead atoms. The normalized spacial score (nSPS) is 23.4. The van der Waals surface area contributed by atoms with E-state index in [1.807, 2.05) is 24.3 Å². The standard InChI is InChI=1S/C22H29ClN4O6/c23-19-15(24)5-6-16(20(19)27(32)33)25-9-7-13-3-1-2-4-14(13)8-10-26-11-18(29)22(31)21(30)17(26)12-28/h1-6,17-18,21-22,25,28-31H,7-12,24H2/t17-,18+,21-,22-/m1/s1. The Morgan fingerprint density at radius 3 is 2.42 bits per heavy atom. The topological polar surface area (TPSA) is 165 Å². The van der Waals surface area contributed by atoms with E-state index in [-0.39, 0.29) is 35.2 Å². The Kier molecular flexibility index (Phi) is 8.46. The number of nitrogen functional groups attached to an aromatic ring is 1. The zero-order valence-electron chi connectivity index (χ0n) is 18.0. The number of nitrogens with zero attached hydrogens (tertiary/aromatic N) is 2. The second-order valence-corrected chi connectivity index (χ2v) is 8.49. The van der Waals surface area contributed by atoms with Crippen LogP contribution in [0.1, 0.15) is 11.1 Å². The first kappa shape index (κ1) is 25.2. The van der Waals surface area contributed by atoms with Gasteiger partial charge in [-0.15, -0.1) is 0 Å². The molecule has 10 nitrogen and oxygen atoms in total. The number of benzene rings is 2. The van der Waals surface area contributed by atoms with Crippen molar-refractivity contribution in [2.24, 2.45) is 0 Å². The highest BCUT2D eigenvalue weighted by atomic mass is 35.5. The molecule has 1 aliphatic rings. The fourth-order valence-corrected chi connectivity index (χ4v) is 4.41. The summed E-state index contributed by atoms with van der Waals surface area (Å²) in [6, 6.07) is 10.1. The lowest BCUT2D eigenvalue weighted by atomic mass is 9.93. The molecule has 0 amide bonds. The first-order valence-corrected chi connectivity index (χ1v) is 11.0. The van der Waals surface area contributed by atoms with E-state index in [9.17, 15) is 30.5 Å². The van der Waals surface area contributed by atoms with Gasteiger partial charge in [-0.1, -0.05) is 35.9 Å². The van der Waals surface area contributed by atoms with Crippen molar-refractivity contribution in [3.63, 3.8) is 0 Å². The summed E-state index contributed by atoms with van der Waals surface area (Å²) in [5.74, 6) is 0. The number of likely N-dealkylation sites (tertiary alicyclic amines) is 1. The summed E-state index contributed by atoms with van der Waals surface area (Å²) < 4.78 is 0. The first-order chi connectivity index (χ1) is 15.7. The van der Waals surface area contributed by atoms with Gasteiger partial charge in [-0.2, -0.15) is 0 Å². The third-order valence-corrected chi connectivity index (χ3v) is 6.44. The number of anilines is 2. The number of β-amino-alcohol motifs (C(OH)–C–C–N with tert-alkyl or cyclic N) is 1. The van der Waals surface area contributed by atoms with Crippen molar-refractivity contribution in [3.05, 3.63) is 62.7 Å². The molecular formula is C22H29ClN4O6. The van der Waals surface area contributed by atoms with E-state index in [0.717, 1.165) is 11.1 Å². The monoisotopic (exact) mass is 480 g/mol. The molecule has 0 saturated carbocycles. The number of hydrogen-bond acceptors (Lipinski definition) is 9. The van der Waals surface area contributed by atoms with Crippen molar-refractivity contribution in [2.45, 2.75) is 37.2 Å². The molecule has 1 saturated heterocycles. The van der Waals surface area contributed by atoms with Crippen LogP contribution in [0.25, 0.3) is 0 Å². The van der Waals surface area contributed by atoms with Crippen LogP contribution in [0, 0.1) is 10.1 Å². The molecule has 0 spiro atoms. The Bertz CT molecular complexity index is 978. The van der Waals surface area contributed by atoms with Gasteiger partial charge in [0.25, 0.3) is 0 Å². The van der Waals surface area contributed by atoms with Crippen molar-refractivity contribution in [2.75, 3.05) is 37.3 Å². The number of halogens is 1. The molecule has 3 rings (SSSR count). The van der Waals surface area contributed by atoms with Crippen LogP contribution in [0.5, 0.6) is 0 Å². The van der Waals surface area contributed by atoms with E-state index in [0.29, 0.717) is 25.9 Å². The maximum atomic E-state index is 11.4. The molecule has 7 N–H and O–H groups in total. The van der Waals surface area contributed by atoms with E-state index in [4.69, 9.17) is 17.3 Å². The highest BCUT2D eigenvalue weighted by Crippen LogP contribution is 2.36. The average Bonchev–Trinajstić information content (AvgIpc) is 2.79. The van der Waals surface area contributed by atoms with Gasteiger partial charge in [0.1, 0.15) is 22.9 Å². The van der Waals surface area contributed by atoms with Crippen molar-refractivity contribution in [1.82, 2.24) is 4.90 Å². The fourth-order valence-electron chi connectivity index (χ4n) is 4.18. The molecule has 33 heavy (non-hydrogen) atoms. The Morgan fingerprint density at radius 2 is 1.79 bits per heavy atom. The molecule has 0 radical (unpaired) electrons. The quantitative estimate of drug-likeness (QED) is 0.173. The van der Waals surface area contributed by atoms with Crippen LogP contribution in [-0.4, -0.2) is 80.8 Å². The van der Waals surface area contributed by atoms with Gasteiger partial charge in [0, 0.05) is 19.6 Å². The first-order valence-electron chi connectivity index (χ1n) is 10.7. The van der Waals surface area contributed by atoms with Crippen LogP contribution in [0.3, 0.4) is 0 Å². The van der Waals surface area contributed by atoms with Crippen LogP contribution in [-0.2, 0) is 12.8 Å². The van der Waals surface area contributed by atoms with Gasteiger partial charge < -0.3 is 31.5 Å². The second-order valence-electron chi connectivity index (χ2n) is 8.11. The lowest BCUT2D eigenvalue weighted by Crippen LogP contribution is -2.62. The third-order valence-electron chi connectivity index (χ3n) is 6.04. The van der Waals surface area contributed by atoms with Crippen LogP contribution >= 0.6 is 11.6 Å². The smallest absolute Gasteiger partial charge is 0.312 e. The number of hydrogen-bond donors (Lipinski definition) is 6. The van der Waals surface area contributed by atoms with Crippen LogP contribution in [0.2, 0.25) is 5.02 Å². The number of aliphatic hydroxyl groups is 4. The summed E-state index contributed by atoms with van der Waals surface area (Å²) >= 11 is 6.00. The summed E-state index contributed by atoms with van der Waals surface area (Å²) in [6.07, 6.45) is -2.44. The lowest BCUT2D eigenvalue weighted by molar-refractivity contribution is -0.383. The van der Waals surface area contributed by atoms with E-state index in [1.54, 1.807) is 4.90 Å². The number of aliphatic hydroxyl groups excluding tert-OH is 4. The van der Waals surface area contributed by atoms with Gasteiger partial charge in [-0.25, -0.2) is 0 Å². The summed E-state index contributed by atoms with van der Waals surface area (Å²) in [6.45, 7) is 0.703. The molecule has 2 aromatic rings. The molecule has 11 heteroatoms. The maximum absolute atomic E-state index is 11.4. The molecule has 4 atom stereocenters. The zero-order chi connectivity index (χ0) is 24.1. The minimum Gasteiger partial charge on any atom is -0.397 e. The number of nitro groups is 1. The molecule has 0 unspecified atom stereocenters. The fraction of sp³-hybridized carbons (Fsp3) is 0.455. The van der Waals surface area contributed by atoms with E-state index < -0.39 is 29.3 Å². The van der Waals surface area contributed by atoms with Crippen LogP contribution < -0.4 is 11.1 Å². The van der Waals surface area contributed by atoms with Crippen molar-refractivity contribution in [1.29, 1.82) is 0 Å². The summed E-state index contributed by atoms with van der Waals surface area (Å²) in [7, 11) is 0. The molecule has 0 aromatic heterocycles. The number of nitrogens with one attached hydrogen (secondary N) is 1. The second kappa shape index (κ2) is 11.1. The Labute approximate surface area is 196 Å². The third kappa shape index (κ3) is 5.72. The Balaban J connectivity index is 1.65. The van der Waals surface area contributed by atoms with Gasteiger partial charge in [0.2, 0.25) is 0 Å². The van der Waals surface area contributed by atoms with Crippen LogP contribution in [0.15, 0.2) is 36.4 Å². The largest absolute Gasteiger partial charge is 0.397 e.